The molecule has 0 fully saturated rings. The number of amides is 1. The van der Waals surface area contributed by atoms with E-state index in [4.69, 9.17) is 9.47 Å². The second kappa shape index (κ2) is 6.66. The fourth-order valence-corrected chi connectivity index (χ4v) is 2.96. The lowest BCUT2D eigenvalue weighted by Crippen LogP contribution is -2.23. The maximum atomic E-state index is 12.4. The summed E-state index contributed by atoms with van der Waals surface area (Å²) >= 11 is 1.60. The number of hydrogen-bond donors (Lipinski definition) is 1. The molecule has 1 aromatic carbocycles. The summed E-state index contributed by atoms with van der Waals surface area (Å²) in [5.74, 6) is 0.952. The Kier molecular flexibility index (Phi) is 4.43. The Bertz CT molecular complexity index is 831. The Morgan fingerprint density at radius 1 is 1.17 bits per heavy atom. The molecule has 0 radical (unpaired) electrons. The number of carbonyl (C=O) groups is 1. The van der Waals surface area contributed by atoms with Gasteiger partial charge in [0.1, 0.15) is 22.7 Å². The van der Waals surface area contributed by atoms with Crippen molar-refractivity contribution >= 4 is 28.1 Å². The van der Waals surface area contributed by atoms with Crippen LogP contribution in [0.15, 0.2) is 41.8 Å². The fraction of sp³-hybridized carbons (Fsp3) is 0.176. The van der Waals surface area contributed by atoms with Gasteiger partial charge in [-0.2, -0.15) is 0 Å². The van der Waals surface area contributed by atoms with E-state index < -0.39 is 0 Å². The molecule has 0 bridgehead atoms. The van der Waals surface area contributed by atoms with E-state index in [1.165, 1.54) is 0 Å². The van der Waals surface area contributed by atoms with Crippen LogP contribution in [0.3, 0.4) is 0 Å². The molecule has 0 saturated carbocycles. The molecule has 1 amide bonds. The van der Waals surface area contributed by atoms with Gasteiger partial charge in [0.05, 0.1) is 20.8 Å². The van der Waals surface area contributed by atoms with Crippen molar-refractivity contribution in [2.24, 2.45) is 0 Å². The van der Waals surface area contributed by atoms with Crippen LogP contribution in [-0.2, 0) is 6.54 Å². The van der Waals surface area contributed by atoms with Crippen molar-refractivity contribution < 1.29 is 14.3 Å². The zero-order valence-corrected chi connectivity index (χ0v) is 13.6. The minimum absolute atomic E-state index is 0.246. The van der Waals surface area contributed by atoms with Gasteiger partial charge in [0.25, 0.3) is 5.91 Å². The van der Waals surface area contributed by atoms with E-state index >= 15 is 0 Å². The van der Waals surface area contributed by atoms with Gasteiger partial charge < -0.3 is 14.8 Å². The smallest absolute Gasteiger partial charge is 0.270 e. The van der Waals surface area contributed by atoms with E-state index in [0.29, 0.717) is 29.3 Å². The van der Waals surface area contributed by atoms with Gasteiger partial charge in [-0.15, -0.1) is 11.3 Å². The number of thiophene rings is 1. The molecule has 1 N–H and O–H groups in total. The minimum Gasteiger partial charge on any atom is -0.496 e. The molecule has 0 spiro atoms. The van der Waals surface area contributed by atoms with Crippen LogP contribution in [-0.4, -0.2) is 25.1 Å². The Hall–Kier alpha value is -2.60. The van der Waals surface area contributed by atoms with Crippen molar-refractivity contribution in [2.75, 3.05) is 14.2 Å². The van der Waals surface area contributed by atoms with Gasteiger partial charge in [-0.25, -0.2) is 4.98 Å². The lowest BCUT2D eigenvalue weighted by Gasteiger charge is -2.11. The van der Waals surface area contributed by atoms with Gasteiger partial charge in [-0.05, 0) is 23.6 Å². The Morgan fingerprint density at radius 2 is 2.00 bits per heavy atom. The van der Waals surface area contributed by atoms with Gasteiger partial charge in [0.2, 0.25) is 0 Å². The van der Waals surface area contributed by atoms with Crippen LogP contribution in [0.1, 0.15) is 15.4 Å². The Balaban J connectivity index is 1.95. The molecule has 2 heterocycles. The van der Waals surface area contributed by atoms with Crippen molar-refractivity contribution in [3.63, 3.8) is 0 Å². The molecule has 2 aromatic heterocycles. The van der Waals surface area contributed by atoms with Gasteiger partial charge in [-0.1, -0.05) is 12.1 Å². The molecule has 0 atom stereocenters. The summed E-state index contributed by atoms with van der Waals surface area (Å²) in [6.07, 6.45) is 0. The zero-order valence-electron chi connectivity index (χ0n) is 12.8. The van der Waals surface area contributed by atoms with Gasteiger partial charge >= 0.3 is 0 Å². The number of para-hydroxylation sites is 1. The Morgan fingerprint density at radius 3 is 2.70 bits per heavy atom. The van der Waals surface area contributed by atoms with Crippen LogP contribution in [0, 0.1) is 0 Å². The summed E-state index contributed by atoms with van der Waals surface area (Å²) in [5.41, 5.74) is 0.908. The highest BCUT2D eigenvalue weighted by Crippen LogP contribution is 2.31. The molecule has 0 saturated heterocycles. The average molecular weight is 328 g/mol. The first-order chi connectivity index (χ1) is 11.2. The third-order valence-electron chi connectivity index (χ3n) is 3.44. The van der Waals surface area contributed by atoms with Crippen LogP contribution >= 0.6 is 11.3 Å². The van der Waals surface area contributed by atoms with E-state index in [9.17, 15) is 4.79 Å². The van der Waals surface area contributed by atoms with Crippen molar-refractivity contribution in [3.05, 3.63) is 52.3 Å². The van der Waals surface area contributed by atoms with Crippen LogP contribution in [0.5, 0.6) is 11.5 Å². The molecule has 0 unspecified atom stereocenters. The first-order valence-corrected chi connectivity index (χ1v) is 7.93. The van der Waals surface area contributed by atoms with Crippen LogP contribution in [0.2, 0.25) is 0 Å². The lowest BCUT2D eigenvalue weighted by molar-refractivity contribution is 0.0946. The van der Waals surface area contributed by atoms with Crippen LogP contribution < -0.4 is 14.8 Å². The lowest BCUT2D eigenvalue weighted by atomic mass is 10.1. The molecule has 3 rings (SSSR count). The SMILES string of the molecule is COc1cc(C(=O)NCc2cccs2)nc2c(OC)cccc12. The number of rotatable bonds is 5. The second-order valence-electron chi connectivity index (χ2n) is 4.83. The molecule has 6 heteroatoms. The molecule has 0 aliphatic carbocycles. The highest BCUT2D eigenvalue weighted by molar-refractivity contribution is 7.09. The molecule has 3 aromatic rings. The van der Waals surface area contributed by atoms with Crippen LogP contribution in [0.25, 0.3) is 10.9 Å². The zero-order chi connectivity index (χ0) is 16.2. The number of methoxy groups -OCH3 is 2. The first-order valence-electron chi connectivity index (χ1n) is 7.05. The normalized spacial score (nSPS) is 10.5. The molecule has 0 aliphatic heterocycles. The third kappa shape index (κ3) is 3.12. The van der Waals surface area contributed by atoms with Gasteiger partial charge in [0.15, 0.2) is 0 Å². The standard InChI is InChI=1S/C17H16N2O3S/c1-21-14-7-3-6-12-15(22-2)9-13(19-16(12)14)17(20)18-10-11-5-4-8-23-11/h3-9H,10H2,1-2H3,(H,18,20). The predicted octanol–water partition coefficient (Wildman–Crippen LogP) is 3.24. The van der Waals surface area contributed by atoms with Crippen molar-refractivity contribution in [1.29, 1.82) is 0 Å². The predicted molar refractivity (Wildman–Crippen MR) is 90.3 cm³/mol. The maximum absolute atomic E-state index is 12.4. The number of aromatic nitrogens is 1. The average Bonchev–Trinajstić information content (AvgIpc) is 3.11. The number of nitrogens with zero attached hydrogens (tertiary/aromatic N) is 1. The molecule has 23 heavy (non-hydrogen) atoms. The minimum atomic E-state index is -0.246. The number of carbonyl (C=O) groups excluding carboxylic acids is 1. The largest absolute Gasteiger partial charge is 0.496 e. The van der Waals surface area contributed by atoms with E-state index in [0.717, 1.165) is 10.3 Å². The van der Waals surface area contributed by atoms with E-state index in [1.807, 2.05) is 35.7 Å². The van der Waals surface area contributed by atoms with E-state index in [-0.39, 0.29) is 5.91 Å². The molecule has 5 nitrogen and oxygen atoms in total. The van der Waals surface area contributed by atoms with Crippen molar-refractivity contribution in [2.45, 2.75) is 6.54 Å². The molecular weight excluding hydrogens is 312 g/mol. The highest BCUT2D eigenvalue weighted by atomic mass is 32.1. The Labute approximate surface area is 137 Å². The molecular formula is C17H16N2O3S. The summed E-state index contributed by atoms with van der Waals surface area (Å²) in [4.78, 5) is 17.9. The number of nitrogens with one attached hydrogen (secondary N) is 1. The third-order valence-corrected chi connectivity index (χ3v) is 4.32. The second-order valence-corrected chi connectivity index (χ2v) is 5.86. The van der Waals surface area contributed by atoms with Gasteiger partial charge in [-0.3, -0.25) is 4.79 Å². The number of benzene rings is 1. The summed E-state index contributed by atoms with van der Waals surface area (Å²) in [6.45, 7) is 0.477. The first kappa shape index (κ1) is 15.3. The summed E-state index contributed by atoms with van der Waals surface area (Å²) in [6, 6.07) is 11.1. The van der Waals surface area contributed by atoms with E-state index in [2.05, 4.69) is 10.3 Å². The number of fused-ring (bicyclic) bond motifs is 1. The maximum Gasteiger partial charge on any atom is 0.270 e. The summed E-state index contributed by atoms with van der Waals surface area (Å²) in [5, 5.41) is 5.65. The summed E-state index contributed by atoms with van der Waals surface area (Å²) in [7, 11) is 3.15. The number of ether oxygens (including phenoxy) is 2. The molecule has 0 aliphatic rings. The molecule has 118 valence electrons. The quantitative estimate of drug-likeness (QED) is 0.781. The monoisotopic (exact) mass is 328 g/mol. The van der Waals surface area contributed by atoms with Crippen molar-refractivity contribution in [1.82, 2.24) is 10.3 Å². The highest BCUT2D eigenvalue weighted by Gasteiger charge is 2.15. The summed E-state index contributed by atoms with van der Waals surface area (Å²) < 4.78 is 10.7. The van der Waals surface area contributed by atoms with Gasteiger partial charge in [0, 0.05) is 16.3 Å². The fourth-order valence-electron chi connectivity index (χ4n) is 2.31. The number of hydrogen-bond acceptors (Lipinski definition) is 5. The number of pyridine rings is 1. The van der Waals surface area contributed by atoms with Crippen molar-refractivity contribution in [3.8, 4) is 11.5 Å². The topological polar surface area (TPSA) is 60.5 Å². The van der Waals surface area contributed by atoms with Crippen LogP contribution in [0.4, 0.5) is 0 Å². The van der Waals surface area contributed by atoms with E-state index in [1.54, 1.807) is 31.6 Å².